The summed E-state index contributed by atoms with van der Waals surface area (Å²) in [6, 6.07) is 7.10. The van der Waals surface area contributed by atoms with Gasteiger partial charge in [0, 0.05) is 5.39 Å². The number of aromatic amines is 1. The quantitative estimate of drug-likeness (QED) is 0.681. The van der Waals surface area contributed by atoms with Crippen molar-refractivity contribution in [2.45, 2.75) is 0 Å². The Morgan fingerprint density at radius 2 is 2.08 bits per heavy atom. The van der Waals surface area contributed by atoms with Gasteiger partial charge in [-0.3, -0.25) is 4.57 Å². The molecule has 0 amide bonds. The minimum atomic E-state index is -0.475. The molecule has 1 aromatic heterocycles. The van der Waals surface area contributed by atoms with Gasteiger partial charge in [-0.1, -0.05) is 18.2 Å². The van der Waals surface area contributed by atoms with Crippen LogP contribution in [0.4, 0.5) is 0 Å². The number of aromatic nitrogens is 2. The number of nitrogens with zero attached hydrogens (tertiary/aromatic N) is 1. The van der Waals surface area contributed by atoms with Crippen molar-refractivity contribution in [1.29, 1.82) is 0 Å². The van der Waals surface area contributed by atoms with Gasteiger partial charge < -0.3 is 4.98 Å². The van der Waals surface area contributed by atoms with E-state index in [1.165, 1.54) is 0 Å². The van der Waals surface area contributed by atoms with Gasteiger partial charge in [0.15, 0.2) is 0 Å². The molecule has 1 N–H and O–H groups in total. The second-order valence-corrected chi connectivity index (χ2v) is 3.11. The largest absolute Gasteiger partial charge is 0.346 e. The number of para-hydroxylation sites is 1. The molecule has 0 atom stereocenters. The molecule has 0 spiro atoms. The lowest BCUT2D eigenvalue weighted by Gasteiger charge is -1.96. The molecule has 0 fully saturated rings. The molecular formula is C8H5N2O2P. The molecule has 64 valence electrons. The van der Waals surface area contributed by atoms with Crippen LogP contribution in [0.2, 0.25) is 0 Å². The zero-order valence-electron chi connectivity index (χ0n) is 6.52. The van der Waals surface area contributed by atoms with E-state index in [9.17, 15) is 9.36 Å². The minimum Gasteiger partial charge on any atom is -0.305 e. The number of hydrogen-bond acceptors (Lipinski definition) is 3. The molecule has 0 radical (unpaired) electrons. The first-order chi connectivity index (χ1) is 6.31. The van der Waals surface area contributed by atoms with E-state index < -0.39 is 5.69 Å². The van der Waals surface area contributed by atoms with Crippen molar-refractivity contribution < 1.29 is 4.57 Å². The first kappa shape index (κ1) is 8.08. The van der Waals surface area contributed by atoms with Crippen molar-refractivity contribution in [3.05, 3.63) is 34.7 Å². The van der Waals surface area contributed by atoms with Crippen LogP contribution in [-0.2, 0) is 4.57 Å². The Labute approximate surface area is 74.8 Å². The first-order valence-electron chi connectivity index (χ1n) is 3.63. The van der Waals surface area contributed by atoms with Crippen LogP contribution in [-0.4, -0.2) is 9.97 Å². The van der Waals surface area contributed by atoms with E-state index in [-0.39, 0.29) is 13.9 Å². The normalized spacial score (nSPS) is 10.8. The van der Waals surface area contributed by atoms with Gasteiger partial charge in [0.2, 0.25) is 8.46 Å². The molecular weight excluding hydrogens is 187 g/mol. The maximum absolute atomic E-state index is 11.0. The van der Waals surface area contributed by atoms with E-state index >= 15 is 0 Å². The Morgan fingerprint density at radius 3 is 2.85 bits per heavy atom. The number of H-pyrrole nitrogens is 1. The third kappa shape index (κ3) is 1.36. The molecule has 5 heteroatoms. The van der Waals surface area contributed by atoms with Crippen LogP contribution in [0.3, 0.4) is 0 Å². The van der Waals surface area contributed by atoms with Crippen LogP contribution < -0.4 is 11.1 Å². The molecule has 0 saturated heterocycles. The molecule has 0 aliphatic rings. The average molecular weight is 192 g/mol. The maximum Gasteiger partial charge on any atom is 0.346 e. The van der Waals surface area contributed by atoms with Crippen LogP contribution in [0, 0.1) is 0 Å². The number of rotatable bonds is 1. The fourth-order valence-electron chi connectivity index (χ4n) is 1.16. The highest BCUT2D eigenvalue weighted by molar-refractivity contribution is 7.34. The van der Waals surface area contributed by atoms with Gasteiger partial charge in [-0.25, -0.2) is 4.79 Å². The predicted octanol–water partition coefficient (Wildman–Crippen LogP) is 0.840. The number of benzene rings is 1. The Hall–Kier alpha value is -1.54. The Bertz CT molecular complexity index is 521. The Morgan fingerprint density at radius 1 is 1.31 bits per heavy atom. The summed E-state index contributed by atoms with van der Waals surface area (Å²) in [5.74, 6) is 0. The van der Waals surface area contributed by atoms with Crippen molar-refractivity contribution in [2.24, 2.45) is 0 Å². The van der Waals surface area contributed by atoms with Crippen LogP contribution >= 0.6 is 8.46 Å². The van der Waals surface area contributed by atoms with E-state index in [4.69, 9.17) is 0 Å². The molecule has 0 bridgehead atoms. The molecule has 4 nitrogen and oxygen atoms in total. The first-order valence-corrected chi connectivity index (χ1v) is 4.45. The van der Waals surface area contributed by atoms with E-state index in [0.717, 1.165) is 0 Å². The minimum absolute atomic E-state index is 0.235. The van der Waals surface area contributed by atoms with Gasteiger partial charge in [-0.15, -0.1) is 0 Å². The topological polar surface area (TPSA) is 62.8 Å². The monoisotopic (exact) mass is 192 g/mol. The molecule has 13 heavy (non-hydrogen) atoms. The highest BCUT2D eigenvalue weighted by atomic mass is 31.1. The lowest BCUT2D eigenvalue weighted by atomic mass is 10.2. The van der Waals surface area contributed by atoms with E-state index in [1.54, 1.807) is 24.3 Å². The summed E-state index contributed by atoms with van der Waals surface area (Å²) in [6.45, 7) is 0. The highest BCUT2D eigenvalue weighted by Crippen LogP contribution is 2.08. The molecule has 1 heterocycles. The van der Waals surface area contributed by atoms with Crippen molar-refractivity contribution in [1.82, 2.24) is 9.97 Å². The fourth-order valence-corrected chi connectivity index (χ4v) is 1.58. The second kappa shape index (κ2) is 3.07. The summed E-state index contributed by atoms with van der Waals surface area (Å²) in [6.07, 6.45) is 0. The van der Waals surface area contributed by atoms with Crippen LogP contribution in [0.5, 0.6) is 0 Å². The van der Waals surface area contributed by atoms with Gasteiger partial charge in [0.05, 0.1) is 5.52 Å². The molecule has 2 rings (SSSR count). The lowest BCUT2D eigenvalue weighted by Crippen LogP contribution is -2.18. The van der Waals surface area contributed by atoms with Gasteiger partial charge >= 0.3 is 5.69 Å². The SMILES string of the molecule is O=Pc1nc(=O)[nH]c2ccccc12. The third-order valence-electron chi connectivity index (χ3n) is 1.70. The van der Waals surface area contributed by atoms with Gasteiger partial charge in [0.25, 0.3) is 0 Å². The van der Waals surface area contributed by atoms with Crippen LogP contribution in [0.15, 0.2) is 29.1 Å². The summed E-state index contributed by atoms with van der Waals surface area (Å²) >= 11 is 0. The fraction of sp³-hybridized carbons (Fsp3) is 0. The van der Waals surface area contributed by atoms with Crippen LogP contribution in [0.1, 0.15) is 0 Å². The van der Waals surface area contributed by atoms with E-state index in [1.807, 2.05) is 0 Å². The summed E-state index contributed by atoms with van der Waals surface area (Å²) < 4.78 is 10.7. The summed E-state index contributed by atoms with van der Waals surface area (Å²) in [7, 11) is -0.235. The summed E-state index contributed by atoms with van der Waals surface area (Å²) in [4.78, 5) is 17.1. The second-order valence-electron chi connectivity index (χ2n) is 2.50. The zero-order valence-corrected chi connectivity index (χ0v) is 7.41. The summed E-state index contributed by atoms with van der Waals surface area (Å²) in [5.41, 5.74) is 0.456. The predicted molar refractivity (Wildman–Crippen MR) is 49.6 cm³/mol. The van der Waals surface area contributed by atoms with Crippen molar-refractivity contribution >= 4 is 24.8 Å². The lowest BCUT2D eigenvalue weighted by molar-refractivity contribution is 0.602. The summed E-state index contributed by atoms with van der Waals surface area (Å²) in [5, 5.41) is 0.707. The molecule has 0 aliphatic heterocycles. The van der Waals surface area contributed by atoms with Gasteiger partial charge in [0.1, 0.15) is 5.44 Å². The highest BCUT2D eigenvalue weighted by Gasteiger charge is 2.02. The molecule has 0 unspecified atom stereocenters. The number of hydrogen-bond donors (Lipinski definition) is 1. The molecule has 2 aromatic rings. The Balaban J connectivity index is 2.97. The smallest absolute Gasteiger partial charge is 0.305 e. The van der Waals surface area contributed by atoms with Crippen molar-refractivity contribution in [3.63, 3.8) is 0 Å². The standard InChI is InChI=1S/C8H5N2O2P/c11-8-9-6-4-2-1-3-5(6)7(10-8)13-12/h1-4H,(H,9,10,11). The van der Waals surface area contributed by atoms with Gasteiger partial charge in [-0.2, -0.15) is 4.98 Å². The van der Waals surface area contributed by atoms with Crippen LogP contribution in [0.25, 0.3) is 10.9 Å². The average Bonchev–Trinajstić information content (AvgIpc) is 2.16. The van der Waals surface area contributed by atoms with Crippen molar-refractivity contribution in [2.75, 3.05) is 0 Å². The molecule has 0 saturated carbocycles. The Kier molecular flexibility index (Phi) is 1.91. The third-order valence-corrected chi connectivity index (χ3v) is 2.22. The van der Waals surface area contributed by atoms with E-state index in [0.29, 0.717) is 10.9 Å². The molecule has 1 aromatic carbocycles. The maximum atomic E-state index is 11.0. The van der Waals surface area contributed by atoms with E-state index in [2.05, 4.69) is 9.97 Å². The molecule has 0 aliphatic carbocycles. The van der Waals surface area contributed by atoms with Crippen molar-refractivity contribution in [3.8, 4) is 0 Å². The van der Waals surface area contributed by atoms with Gasteiger partial charge in [-0.05, 0) is 6.07 Å². The zero-order chi connectivity index (χ0) is 9.26. The number of nitrogens with one attached hydrogen (secondary N) is 1. The number of fused-ring (bicyclic) bond motifs is 1.